The van der Waals surface area contributed by atoms with Crippen molar-refractivity contribution in [2.24, 2.45) is 11.5 Å². The van der Waals surface area contributed by atoms with Gasteiger partial charge in [0.15, 0.2) is 0 Å². The van der Waals surface area contributed by atoms with E-state index in [2.05, 4.69) is 0 Å². The van der Waals surface area contributed by atoms with Gasteiger partial charge in [-0.3, -0.25) is 14.4 Å². The third-order valence-electron chi connectivity index (χ3n) is 2.12. The zero-order chi connectivity index (χ0) is 13.7. The summed E-state index contributed by atoms with van der Waals surface area (Å²) >= 11 is 0. The van der Waals surface area contributed by atoms with Gasteiger partial charge in [0.1, 0.15) is 18.8 Å². The largest absolute Gasteiger partial charge is 0.507 e. The number of hydrogen-bond acceptors (Lipinski definition) is 4. The number of primary amides is 2. The maximum Gasteiger partial charge on any atom is 0.258 e. The van der Waals surface area contributed by atoms with Crippen molar-refractivity contribution in [1.29, 1.82) is 0 Å². The van der Waals surface area contributed by atoms with E-state index in [-0.39, 0.29) is 11.3 Å². The summed E-state index contributed by atoms with van der Waals surface area (Å²) < 4.78 is 0. The van der Waals surface area contributed by atoms with Crippen LogP contribution < -0.4 is 11.5 Å². The van der Waals surface area contributed by atoms with Crippen molar-refractivity contribution >= 4 is 17.7 Å². The highest BCUT2D eigenvalue weighted by molar-refractivity contribution is 6.00. The van der Waals surface area contributed by atoms with Crippen molar-refractivity contribution in [3.8, 4) is 5.75 Å². The molecule has 1 rings (SSSR count). The quantitative estimate of drug-likeness (QED) is 0.607. The molecule has 1 aromatic carbocycles. The van der Waals surface area contributed by atoms with Gasteiger partial charge in [0.2, 0.25) is 11.8 Å². The number of carbonyl (C=O) groups excluding carboxylic acids is 3. The molecule has 0 aromatic heterocycles. The molecule has 7 nitrogen and oxygen atoms in total. The van der Waals surface area contributed by atoms with Gasteiger partial charge in [0.25, 0.3) is 5.91 Å². The van der Waals surface area contributed by atoms with Gasteiger partial charge in [0.05, 0.1) is 5.56 Å². The number of nitrogens with zero attached hydrogens (tertiary/aromatic N) is 1. The standard InChI is InChI=1S/C11H13N3O4/c12-9(16)5-14(6-10(13)17)11(18)7-3-1-2-4-8(7)15/h1-4,15H,5-6H2,(H2,12,16)(H2,13,17). The number of phenolic OH excluding ortho intramolecular Hbond substituents is 1. The molecule has 0 aliphatic carbocycles. The Morgan fingerprint density at radius 3 is 2.00 bits per heavy atom. The summed E-state index contributed by atoms with van der Waals surface area (Å²) in [6.45, 7) is -0.897. The third kappa shape index (κ3) is 3.48. The van der Waals surface area contributed by atoms with Crippen LogP contribution >= 0.6 is 0 Å². The molecule has 0 saturated carbocycles. The highest BCUT2D eigenvalue weighted by Crippen LogP contribution is 2.17. The molecule has 0 aliphatic rings. The van der Waals surface area contributed by atoms with Gasteiger partial charge in [-0.05, 0) is 12.1 Å². The normalized spacial score (nSPS) is 9.78. The summed E-state index contributed by atoms with van der Waals surface area (Å²) in [4.78, 5) is 34.5. The van der Waals surface area contributed by atoms with Crippen molar-refractivity contribution < 1.29 is 19.5 Å². The van der Waals surface area contributed by atoms with Crippen LogP contribution in [0, 0.1) is 0 Å². The molecule has 0 radical (unpaired) electrons. The first-order valence-corrected chi connectivity index (χ1v) is 5.05. The maximum absolute atomic E-state index is 12.0. The van der Waals surface area contributed by atoms with E-state index in [1.807, 2.05) is 0 Å². The van der Waals surface area contributed by atoms with Crippen LogP contribution in [0.4, 0.5) is 0 Å². The Balaban J connectivity index is 2.98. The first-order valence-electron chi connectivity index (χ1n) is 5.05. The zero-order valence-corrected chi connectivity index (χ0v) is 9.50. The van der Waals surface area contributed by atoms with Gasteiger partial charge in [0, 0.05) is 0 Å². The molecular weight excluding hydrogens is 238 g/mol. The van der Waals surface area contributed by atoms with Crippen LogP contribution in [0.25, 0.3) is 0 Å². The minimum absolute atomic E-state index is 0.0278. The summed E-state index contributed by atoms with van der Waals surface area (Å²) in [5.74, 6) is -2.49. The Kier molecular flexibility index (Phi) is 4.25. The second-order valence-electron chi connectivity index (χ2n) is 3.61. The molecule has 7 heteroatoms. The lowest BCUT2D eigenvalue weighted by Crippen LogP contribution is -2.43. The molecule has 96 valence electrons. The predicted octanol–water partition coefficient (Wildman–Crippen LogP) is -1.20. The molecule has 0 unspecified atom stereocenters. The molecule has 5 N–H and O–H groups in total. The summed E-state index contributed by atoms with van der Waals surface area (Å²) in [6.07, 6.45) is 0. The highest BCUT2D eigenvalue weighted by Gasteiger charge is 2.21. The fourth-order valence-electron chi connectivity index (χ4n) is 1.40. The Morgan fingerprint density at radius 2 is 1.56 bits per heavy atom. The third-order valence-corrected chi connectivity index (χ3v) is 2.12. The Hall–Kier alpha value is -2.57. The smallest absolute Gasteiger partial charge is 0.258 e. The molecule has 1 aromatic rings. The number of amides is 3. The Labute approximate surface area is 103 Å². The van der Waals surface area contributed by atoms with E-state index >= 15 is 0 Å². The fourth-order valence-corrected chi connectivity index (χ4v) is 1.40. The number of aromatic hydroxyl groups is 1. The van der Waals surface area contributed by atoms with Gasteiger partial charge < -0.3 is 21.5 Å². The van der Waals surface area contributed by atoms with Crippen molar-refractivity contribution in [3.63, 3.8) is 0 Å². The minimum Gasteiger partial charge on any atom is -0.507 e. The summed E-state index contributed by atoms with van der Waals surface area (Å²) in [5, 5.41) is 9.52. The van der Waals surface area contributed by atoms with Crippen LogP contribution in [0.5, 0.6) is 5.75 Å². The van der Waals surface area contributed by atoms with E-state index in [0.29, 0.717) is 0 Å². The van der Waals surface area contributed by atoms with E-state index in [9.17, 15) is 19.5 Å². The van der Waals surface area contributed by atoms with E-state index in [0.717, 1.165) is 4.90 Å². The van der Waals surface area contributed by atoms with Gasteiger partial charge in [-0.1, -0.05) is 12.1 Å². The van der Waals surface area contributed by atoms with E-state index in [4.69, 9.17) is 11.5 Å². The second kappa shape index (κ2) is 5.67. The van der Waals surface area contributed by atoms with Crippen LogP contribution in [0.1, 0.15) is 10.4 Å². The lowest BCUT2D eigenvalue weighted by Gasteiger charge is -2.19. The molecule has 3 amide bonds. The van der Waals surface area contributed by atoms with Crippen LogP contribution in [0.3, 0.4) is 0 Å². The van der Waals surface area contributed by atoms with Crippen molar-refractivity contribution in [2.45, 2.75) is 0 Å². The first-order chi connectivity index (χ1) is 8.41. The number of hydrogen-bond donors (Lipinski definition) is 3. The van der Waals surface area contributed by atoms with Crippen LogP contribution in [0.2, 0.25) is 0 Å². The molecule has 0 spiro atoms. The highest BCUT2D eigenvalue weighted by atomic mass is 16.3. The molecule has 0 heterocycles. The van der Waals surface area contributed by atoms with Gasteiger partial charge in [-0.2, -0.15) is 0 Å². The number of nitrogens with two attached hydrogens (primary N) is 2. The molecule has 0 fully saturated rings. The first kappa shape index (κ1) is 13.5. The number of carbonyl (C=O) groups is 3. The Morgan fingerprint density at radius 1 is 1.06 bits per heavy atom. The number of rotatable bonds is 5. The fraction of sp³-hybridized carbons (Fsp3) is 0.182. The average Bonchev–Trinajstić information content (AvgIpc) is 2.26. The number of para-hydroxylation sites is 1. The topological polar surface area (TPSA) is 127 Å². The van der Waals surface area contributed by atoms with Gasteiger partial charge in [-0.25, -0.2) is 0 Å². The van der Waals surface area contributed by atoms with Crippen molar-refractivity contribution in [3.05, 3.63) is 29.8 Å². The maximum atomic E-state index is 12.0. The Bertz CT molecular complexity index is 471. The summed E-state index contributed by atoms with van der Waals surface area (Å²) in [7, 11) is 0. The summed E-state index contributed by atoms with van der Waals surface area (Å²) in [5.41, 5.74) is 9.92. The lowest BCUT2D eigenvalue weighted by molar-refractivity contribution is -0.121. The van der Waals surface area contributed by atoms with Gasteiger partial charge >= 0.3 is 0 Å². The van der Waals surface area contributed by atoms with Crippen molar-refractivity contribution in [1.82, 2.24) is 4.90 Å². The zero-order valence-electron chi connectivity index (χ0n) is 9.50. The number of benzene rings is 1. The van der Waals surface area contributed by atoms with Crippen LogP contribution in [-0.4, -0.2) is 40.8 Å². The SMILES string of the molecule is NC(=O)CN(CC(N)=O)C(=O)c1ccccc1O. The van der Waals surface area contributed by atoms with Gasteiger partial charge in [-0.15, -0.1) is 0 Å². The molecular formula is C11H13N3O4. The molecule has 18 heavy (non-hydrogen) atoms. The molecule has 0 saturated heterocycles. The van der Waals surface area contributed by atoms with E-state index < -0.39 is 30.8 Å². The molecule has 0 atom stereocenters. The van der Waals surface area contributed by atoms with Crippen LogP contribution in [-0.2, 0) is 9.59 Å². The van der Waals surface area contributed by atoms with Crippen LogP contribution in [0.15, 0.2) is 24.3 Å². The van der Waals surface area contributed by atoms with Crippen molar-refractivity contribution in [2.75, 3.05) is 13.1 Å². The average molecular weight is 251 g/mol. The predicted molar refractivity (Wildman–Crippen MR) is 62.4 cm³/mol. The van der Waals surface area contributed by atoms with E-state index in [1.54, 1.807) is 12.1 Å². The molecule has 0 aliphatic heterocycles. The minimum atomic E-state index is -0.778. The number of phenols is 1. The monoisotopic (exact) mass is 251 g/mol. The van der Waals surface area contributed by atoms with E-state index in [1.165, 1.54) is 12.1 Å². The summed E-state index contributed by atoms with van der Waals surface area (Å²) in [6, 6.07) is 5.77. The molecule has 0 bridgehead atoms. The second-order valence-corrected chi connectivity index (χ2v) is 3.61. The lowest BCUT2D eigenvalue weighted by atomic mass is 10.1.